The quantitative estimate of drug-likeness (QED) is 0.685. The third kappa shape index (κ3) is 3.01. The summed E-state index contributed by atoms with van der Waals surface area (Å²) in [5.74, 6) is 0.277. The van der Waals surface area contributed by atoms with Crippen LogP contribution in [0.3, 0.4) is 0 Å². The van der Waals surface area contributed by atoms with Crippen LogP contribution >= 0.6 is 11.6 Å². The molecule has 1 aliphatic carbocycles. The maximum Gasteiger partial charge on any atom is 0.184 e. The van der Waals surface area contributed by atoms with Gasteiger partial charge in [-0.15, -0.1) is 6.58 Å². The Morgan fingerprint density at radius 1 is 1.53 bits per heavy atom. The van der Waals surface area contributed by atoms with Crippen molar-refractivity contribution in [3.63, 3.8) is 0 Å². The Balaban J connectivity index is 2.29. The van der Waals surface area contributed by atoms with Gasteiger partial charge in [-0.05, 0) is 55.4 Å². The molecular formula is C16H18ClFO. The molecule has 0 spiro atoms. The van der Waals surface area contributed by atoms with Crippen LogP contribution in [0, 0.1) is 11.7 Å². The second-order valence-electron chi connectivity index (χ2n) is 4.67. The van der Waals surface area contributed by atoms with E-state index in [1.807, 2.05) is 19.1 Å². The van der Waals surface area contributed by atoms with Crippen molar-refractivity contribution in [2.45, 2.75) is 26.2 Å². The predicted octanol–water partition coefficient (Wildman–Crippen LogP) is 5.25. The van der Waals surface area contributed by atoms with Crippen molar-refractivity contribution in [3.8, 4) is 5.75 Å². The predicted molar refractivity (Wildman–Crippen MR) is 78.1 cm³/mol. The Bertz CT molecular complexity index is 508. The molecule has 19 heavy (non-hydrogen) atoms. The number of halogens is 2. The molecule has 0 radical (unpaired) electrons. The second-order valence-corrected chi connectivity index (χ2v) is 5.05. The zero-order chi connectivity index (χ0) is 13.8. The van der Waals surface area contributed by atoms with Crippen LogP contribution < -0.4 is 4.74 Å². The average molecular weight is 281 g/mol. The maximum absolute atomic E-state index is 14.0. The molecule has 2 rings (SSSR count). The normalized spacial score (nSPS) is 18.9. The molecule has 1 aromatic rings. The van der Waals surface area contributed by atoms with E-state index < -0.39 is 5.82 Å². The topological polar surface area (TPSA) is 9.23 Å². The van der Waals surface area contributed by atoms with E-state index in [0.29, 0.717) is 12.5 Å². The van der Waals surface area contributed by atoms with Crippen LogP contribution in [0.2, 0.25) is 5.02 Å². The van der Waals surface area contributed by atoms with E-state index in [1.54, 1.807) is 6.07 Å². The highest BCUT2D eigenvalue weighted by Crippen LogP contribution is 2.37. The first-order valence-corrected chi connectivity index (χ1v) is 6.98. The molecular weight excluding hydrogens is 263 g/mol. The van der Waals surface area contributed by atoms with E-state index >= 15 is 0 Å². The smallest absolute Gasteiger partial charge is 0.184 e. The molecule has 0 bridgehead atoms. The summed E-state index contributed by atoms with van der Waals surface area (Å²) in [6.07, 6.45) is 7.01. The fraction of sp³-hybridized carbons (Fsp3) is 0.375. The zero-order valence-electron chi connectivity index (χ0n) is 11.1. The molecule has 0 saturated carbocycles. The Morgan fingerprint density at radius 3 is 2.89 bits per heavy atom. The first-order chi connectivity index (χ1) is 9.17. The Kier molecular flexibility index (Phi) is 4.65. The van der Waals surface area contributed by atoms with Gasteiger partial charge in [-0.25, -0.2) is 4.39 Å². The van der Waals surface area contributed by atoms with Crippen molar-refractivity contribution in [2.75, 3.05) is 6.61 Å². The number of allylic oxidation sites excluding steroid dienone is 3. The molecule has 0 N–H and O–H groups in total. The van der Waals surface area contributed by atoms with Crippen LogP contribution in [-0.4, -0.2) is 6.61 Å². The minimum Gasteiger partial charge on any atom is -0.491 e. The van der Waals surface area contributed by atoms with Gasteiger partial charge in [0.15, 0.2) is 11.6 Å². The molecule has 0 aliphatic heterocycles. The number of ether oxygens (including phenoxy) is 1. The molecule has 0 aromatic heterocycles. The minimum absolute atomic E-state index is 0.161. The molecule has 1 aliphatic rings. The maximum atomic E-state index is 14.0. The summed E-state index contributed by atoms with van der Waals surface area (Å²) >= 11 is 6.12. The molecule has 1 atom stereocenters. The van der Waals surface area contributed by atoms with Gasteiger partial charge in [0.1, 0.15) is 0 Å². The number of benzene rings is 1. The van der Waals surface area contributed by atoms with Crippen LogP contribution in [0.1, 0.15) is 31.7 Å². The van der Waals surface area contributed by atoms with Gasteiger partial charge in [-0.2, -0.15) is 0 Å². The van der Waals surface area contributed by atoms with Crippen LogP contribution in [0.15, 0.2) is 30.9 Å². The van der Waals surface area contributed by atoms with E-state index in [9.17, 15) is 4.39 Å². The lowest BCUT2D eigenvalue weighted by atomic mass is 9.86. The van der Waals surface area contributed by atoms with Gasteiger partial charge in [0.2, 0.25) is 0 Å². The van der Waals surface area contributed by atoms with Crippen LogP contribution in [0.5, 0.6) is 5.75 Å². The lowest BCUT2D eigenvalue weighted by Crippen LogP contribution is -2.03. The summed E-state index contributed by atoms with van der Waals surface area (Å²) in [5, 5.41) is 0.161. The van der Waals surface area contributed by atoms with Crippen molar-refractivity contribution in [3.05, 3.63) is 47.3 Å². The lowest BCUT2D eigenvalue weighted by molar-refractivity contribution is 0.321. The molecule has 0 saturated heterocycles. The number of hydrogen-bond donors (Lipinski definition) is 0. The first-order valence-electron chi connectivity index (χ1n) is 6.60. The summed E-state index contributed by atoms with van der Waals surface area (Å²) in [6, 6.07) is 3.50. The van der Waals surface area contributed by atoms with Gasteiger partial charge in [-0.3, -0.25) is 0 Å². The van der Waals surface area contributed by atoms with Crippen molar-refractivity contribution in [2.24, 2.45) is 5.92 Å². The molecule has 1 nitrogen and oxygen atoms in total. The zero-order valence-corrected chi connectivity index (χ0v) is 11.8. The summed E-state index contributed by atoms with van der Waals surface area (Å²) in [4.78, 5) is 0. The third-order valence-electron chi connectivity index (χ3n) is 3.48. The first kappa shape index (κ1) is 14.1. The average Bonchev–Trinajstić information content (AvgIpc) is 2.45. The summed E-state index contributed by atoms with van der Waals surface area (Å²) in [7, 11) is 0. The highest BCUT2D eigenvalue weighted by atomic mass is 35.5. The molecule has 0 amide bonds. The van der Waals surface area contributed by atoms with E-state index in [2.05, 4.69) is 12.7 Å². The van der Waals surface area contributed by atoms with Crippen molar-refractivity contribution >= 4 is 17.2 Å². The fourth-order valence-corrected chi connectivity index (χ4v) is 2.64. The summed E-state index contributed by atoms with van der Waals surface area (Å²) in [6.45, 7) is 6.06. The van der Waals surface area contributed by atoms with Gasteiger partial charge in [0, 0.05) is 0 Å². The van der Waals surface area contributed by atoms with Gasteiger partial charge in [0.05, 0.1) is 11.6 Å². The van der Waals surface area contributed by atoms with E-state index in [0.717, 1.165) is 30.4 Å². The van der Waals surface area contributed by atoms with Crippen LogP contribution in [0.4, 0.5) is 4.39 Å². The number of hydrogen-bond acceptors (Lipinski definition) is 1. The molecule has 1 unspecified atom stereocenters. The van der Waals surface area contributed by atoms with E-state index in [1.165, 1.54) is 0 Å². The van der Waals surface area contributed by atoms with Gasteiger partial charge >= 0.3 is 0 Å². The van der Waals surface area contributed by atoms with E-state index in [4.69, 9.17) is 16.3 Å². The van der Waals surface area contributed by atoms with Crippen LogP contribution in [-0.2, 0) is 0 Å². The monoisotopic (exact) mass is 280 g/mol. The SMILES string of the molecule is C=CC1CC=C(c2ccc(OCC)c(F)c2Cl)CC1. The second kappa shape index (κ2) is 6.25. The Labute approximate surface area is 118 Å². The van der Waals surface area contributed by atoms with Gasteiger partial charge < -0.3 is 4.74 Å². The summed E-state index contributed by atoms with van der Waals surface area (Å²) < 4.78 is 19.2. The van der Waals surface area contributed by atoms with Gasteiger partial charge in [0.25, 0.3) is 0 Å². The van der Waals surface area contributed by atoms with Gasteiger partial charge in [-0.1, -0.05) is 23.8 Å². The molecule has 3 heteroatoms. The Hall–Kier alpha value is -1.28. The van der Waals surface area contributed by atoms with Crippen molar-refractivity contribution in [1.82, 2.24) is 0 Å². The lowest BCUT2D eigenvalue weighted by Gasteiger charge is -2.20. The summed E-state index contributed by atoms with van der Waals surface area (Å²) in [5.41, 5.74) is 1.90. The van der Waals surface area contributed by atoms with Crippen molar-refractivity contribution in [1.29, 1.82) is 0 Å². The van der Waals surface area contributed by atoms with Crippen LogP contribution in [0.25, 0.3) is 5.57 Å². The Morgan fingerprint density at radius 2 is 2.32 bits per heavy atom. The van der Waals surface area contributed by atoms with Crippen molar-refractivity contribution < 1.29 is 9.13 Å². The third-order valence-corrected chi connectivity index (χ3v) is 3.85. The minimum atomic E-state index is -0.465. The highest BCUT2D eigenvalue weighted by molar-refractivity contribution is 6.32. The highest BCUT2D eigenvalue weighted by Gasteiger charge is 2.18. The largest absolute Gasteiger partial charge is 0.491 e. The molecule has 102 valence electrons. The molecule has 1 aromatic carbocycles. The number of rotatable bonds is 4. The standard InChI is InChI=1S/C16H18ClFO/c1-3-11-5-7-12(8-6-11)13-9-10-14(19-4-2)16(18)15(13)17/h3,7,9-11H,1,4-6,8H2,2H3. The van der Waals surface area contributed by atoms with E-state index in [-0.39, 0.29) is 10.8 Å². The molecule has 0 heterocycles. The fourth-order valence-electron chi connectivity index (χ4n) is 2.36. The molecule has 0 fully saturated rings.